The van der Waals surface area contributed by atoms with Crippen LogP contribution in [0.25, 0.3) is 11.3 Å². The molecule has 1 atom stereocenters. The third-order valence-electron chi connectivity index (χ3n) is 4.81. The van der Waals surface area contributed by atoms with Gasteiger partial charge in [0.2, 0.25) is 11.1 Å². The van der Waals surface area contributed by atoms with Gasteiger partial charge in [-0.25, -0.2) is 9.29 Å². The second kappa shape index (κ2) is 8.23. The largest absolute Gasteiger partial charge is 0.325 e. The van der Waals surface area contributed by atoms with Crippen LogP contribution in [-0.4, -0.2) is 21.7 Å². The van der Waals surface area contributed by atoms with Gasteiger partial charge in [-0.05, 0) is 35.0 Å². The minimum atomic E-state index is -0.788. The van der Waals surface area contributed by atoms with Gasteiger partial charge < -0.3 is 0 Å². The van der Waals surface area contributed by atoms with Crippen molar-refractivity contribution in [3.05, 3.63) is 82.9 Å². The minimum absolute atomic E-state index is 0.155. The van der Waals surface area contributed by atoms with Crippen molar-refractivity contribution in [1.29, 1.82) is 0 Å². The first kappa shape index (κ1) is 20.0. The van der Waals surface area contributed by atoms with Crippen molar-refractivity contribution in [2.45, 2.75) is 24.7 Å². The Morgan fingerprint density at radius 3 is 2.87 bits per heavy atom. The lowest BCUT2D eigenvalue weighted by molar-refractivity contribution is -0.763. The molecule has 0 radical (unpaired) electrons. The predicted molar refractivity (Wildman–Crippen MR) is 114 cm³/mol. The number of anilines is 1. The summed E-state index contributed by atoms with van der Waals surface area (Å²) in [6.07, 6.45) is 1.17. The van der Waals surface area contributed by atoms with E-state index in [-0.39, 0.29) is 17.9 Å². The summed E-state index contributed by atoms with van der Waals surface area (Å²) in [6.45, 7) is 5.46. The van der Waals surface area contributed by atoms with Gasteiger partial charge in [0.15, 0.2) is 0 Å². The maximum atomic E-state index is 14.1. The first-order valence-electron chi connectivity index (χ1n) is 9.52. The third-order valence-corrected chi connectivity index (χ3v) is 5.67. The predicted octanol–water partition coefficient (Wildman–Crippen LogP) is 3.45. The molecule has 1 aliphatic rings. The molecule has 1 aliphatic heterocycles. The van der Waals surface area contributed by atoms with Crippen LogP contribution in [0.3, 0.4) is 0 Å². The van der Waals surface area contributed by atoms with Gasteiger partial charge in [-0.3, -0.25) is 14.6 Å². The number of nitrogens with one attached hydrogen (secondary N) is 1. The van der Waals surface area contributed by atoms with Crippen molar-refractivity contribution in [2.75, 3.05) is 10.7 Å². The third kappa shape index (κ3) is 3.43. The van der Waals surface area contributed by atoms with Crippen molar-refractivity contribution < 1.29 is 13.9 Å². The van der Waals surface area contributed by atoms with Crippen LogP contribution in [0.5, 0.6) is 0 Å². The SMILES string of the molecule is C=CCSc1n[n+]2c(c(=O)[nH]1)-c1ccccc1N(C(=O)CC)C2c1cccc(F)c1. The number of aromatic amines is 1. The molecule has 0 bridgehead atoms. The van der Waals surface area contributed by atoms with E-state index in [0.717, 1.165) is 0 Å². The van der Waals surface area contributed by atoms with Gasteiger partial charge in [-0.2, -0.15) is 0 Å². The van der Waals surface area contributed by atoms with Crippen LogP contribution in [0.15, 0.2) is 71.1 Å². The van der Waals surface area contributed by atoms with Crippen LogP contribution in [0.4, 0.5) is 10.1 Å². The molecule has 4 rings (SSSR count). The van der Waals surface area contributed by atoms with Gasteiger partial charge in [0.05, 0.1) is 11.3 Å². The van der Waals surface area contributed by atoms with Crippen molar-refractivity contribution in [3.8, 4) is 11.3 Å². The van der Waals surface area contributed by atoms with Crippen molar-refractivity contribution in [1.82, 2.24) is 10.1 Å². The fourth-order valence-corrected chi connectivity index (χ4v) is 4.17. The molecule has 30 heavy (non-hydrogen) atoms. The van der Waals surface area contributed by atoms with Gasteiger partial charge in [0, 0.05) is 22.8 Å². The second-order valence-electron chi connectivity index (χ2n) is 6.72. The number of hydrogen-bond acceptors (Lipinski definition) is 4. The molecule has 0 spiro atoms. The van der Waals surface area contributed by atoms with Gasteiger partial charge in [-0.15, -0.1) is 6.58 Å². The Labute approximate surface area is 177 Å². The highest BCUT2D eigenvalue weighted by molar-refractivity contribution is 7.99. The molecule has 1 unspecified atom stereocenters. The van der Waals surface area contributed by atoms with Gasteiger partial charge >= 0.3 is 11.3 Å². The summed E-state index contributed by atoms with van der Waals surface area (Å²) < 4.78 is 15.6. The first-order chi connectivity index (χ1) is 14.5. The van der Waals surface area contributed by atoms with Crippen molar-refractivity contribution in [2.24, 2.45) is 0 Å². The quantitative estimate of drug-likeness (QED) is 0.388. The zero-order valence-electron chi connectivity index (χ0n) is 16.3. The lowest BCUT2D eigenvalue weighted by Crippen LogP contribution is -2.60. The number of amides is 1. The van der Waals surface area contributed by atoms with E-state index >= 15 is 0 Å². The number of rotatable bonds is 5. The molecule has 3 aromatic rings. The van der Waals surface area contributed by atoms with Crippen molar-refractivity contribution >= 4 is 23.4 Å². The van der Waals surface area contributed by atoms with E-state index in [1.54, 1.807) is 48.2 Å². The Balaban J connectivity index is 2.04. The van der Waals surface area contributed by atoms with E-state index < -0.39 is 12.0 Å². The summed E-state index contributed by atoms with van der Waals surface area (Å²) in [5, 5.41) is 5.02. The first-order valence-corrected chi connectivity index (χ1v) is 10.5. The number of benzene rings is 2. The number of hydrogen-bond donors (Lipinski definition) is 1. The average Bonchev–Trinajstić information content (AvgIpc) is 2.75. The normalized spacial score (nSPS) is 14.7. The molecule has 2 aromatic carbocycles. The molecule has 0 saturated carbocycles. The van der Waals surface area contributed by atoms with Crippen molar-refractivity contribution in [3.63, 3.8) is 0 Å². The van der Waals surface area contributed by atoms with Crippen LogP contribution in [0, 0.1) is 5.82 Å². The number of carbonyl (C=O) groups excluding carboxylic acids is 1. The van der Waals surface area contributed by atoms with E-state index in [2.05, 4.69) is 16.7 Å². The highest BCUT2D eigenvalue weighted by Gasteiger charge is 2.45. The smallest absolute Gasteiger partial charge is 0.291 e. The van der Waals surface area contributed by atoms with Crippen LogP contribution in [0.1, 0.15) is 25.1 Å². The number of H-pyrrole nitrogens is 1. The molecular formula is C22H20FN4O2S+. The molecule has 0 saturated heterocycles. The summed E-state index contributed by atoms with van der Waals surface area (Å²) in [7, 11) is 0. The molecule has 8 heteroatoms. The molecule has 152 valence electrons. The maximum absolute atomic E-state index is 14.1. The number of aromatic nitrogens is 3. The van der Waals surface area contributed by atoms with E-state index in [1.807, 2.05) is 6.07 Å². The number of para-hydroxylation sites is 1. The molecule has 1 N–H and O–H groups in total. The summed E-state index contributed by atoms with van der Waals surface area (Å²) in [6, 6.07) is 13.2. The van der Waals surface area contributed by atoms with Crippen LogP contribution < -0.4 is 15.1 Å². The Bertz CT molecular complexity index is 1190. The summed E-state index contributed by atoms with van der Waals surface area (Å²) in [5.41, 5.74) is 1.71. The molecule has 0 fully saturated rings. The number of halogens is 1. The Morgan fingerprint density at radius 2 is 2.13 bits per heavy atom. The minimum Gasteiger partial charge on any atom is -0.291 e. The van der Waals surface area contributed by atoms with Crippen LogP contribution in [-0.2, 0) is 4.79 Å². The fraction of sp³-hybridized carbons (Fsp3) is 0.182. The Morgan fingerprint density at radius 1 is 1.33 bits per heavy atom. The maximum Gasteiger partial charge on any atom is 0.325 e. The summed E-state index contributed by atoms with van der Waals surface area (Å²) >= 11 is 1.32. The van der Waals surface area contributed by atoms with Crippen LogP contribution in [0.2, 0.25) is 0 Å². The Kier molecular flexibility index (Phi) is 5.50. The molecule has 2 heterocycles. The number of thioether (sulfide) groups is 1. The van der Waals surface area contributed by atoms with E-state index in [0.29, 0.717) is 33.4 Å². The monoisotopic (exact) mass is 423 g/mol. The standard InChI is InChI=1S/C22H19FN4O2S/c1-3-12-30-22-24-20(29)19-16-10-5-6-11-17(16)26(18(28)4-2)21(27(19)25-22)14-8-7-9-15(23)13-14/h3,5-11,13,21H,1,4,12H2,2H3/p+1. The molecule has 1 amide bonds. The lowest BCUT2D eigenvalue weighted by Gasteiger charge is -2.32. The molecular weight excluding hydrogens is 403 g/mol. The van der Waals surface area contributed by atoms with Gasteiger partial charge in [-0.1, -0.05) is 43.0 Å². The lowest BCUT2D eigenvalue weighted by atomic mass is 10.0. The summed E-state index contributed by atoms with van der Waals surface area (Å²) in [4.78, 5) is 30.5. The van der Waals surface area contributed by atoms with E-state index in [9.17, 15) is 14.0 Å². The number of carbonyl (C=O) groups is 1. The van der Waals surface area contributed by atoms with Crippen LogP contribution >= 0.6 is 11.8 Å². The van der Waals surface area contributed by atoms with Gasteiger partial charge in [0.1, 0.15) is 5.82 Å². The zero-order valence-corrected chi connectivity index (χ0v) is 17.2. The highest BCUT2D eigenvalue weighted by Crippen LogP contribution is 2.37. The number of nitrogens with zero attached hydrogens (tertiary/aromatic N) is 3. The summed E-state index contributed by atoms with van der Waals surface area (Å²) in [5.74, 6) is -0.0260. The van der Waals surface area contributed by atoms with E-state index in [1.165, 1.54) is 28.6 Å². The zero-order chi connectivity index (χ0) is 21.3. The fourth-order valence-electron chi connectivity index (χ4n) is 3.58. The number of fused-ring (bicyclic) bond motifs is 3. The van der Waals surface area contributed by atoms with Gasteiger partial charge in [0.25, 0.3) is 6.17 Å². The molecule has 0 aliphatic carbocycles. The highest BCUT2D eigenvalue weighted by atomic mass is 32.2. The topological polar surface area (TPSA) is 69.9 Å². The Hall–Kier alpha value is -3.26. The second-order valence-corrected chi connectivity index (χ2v) is 7.72. The average molecular weight is 423 g/mol. The molecule has 1 aromatic heterocycles. The molecule has 6 nitrogen and oxygen atoms in total. The van der Waals surface area contributed by atoms with E-state index in [4.69, 9.17) is 0 Å².